The molecule has 6 heteroatoms. The highest BCUT2D eigenvalue weighted by Crippen LogP contribution is 2.29. The molecule has 0 radical (unpaired) electrons. The number of imidazole rings is 1. The molecule has 3 heterocycles. The van der Waals surface area contributed by atoms with Crippen LogP contribution >= 0.6 is 0 Å². The van der Waals surface area contributed by atoms with Gasteiger partial charge in [-0.3, -0.25) is 9.20 Å². The van der Waals surface area contributed by atoms with Crippen molar-refractivity contribution in [1.82, 2.24) is 19.6 Å². The van der Waals surface area contributed by atoms with Gasteiger partial charge in [0.1, 0.15) is 0 Å². The number of fused-ring (bicyclic) bond motifs is 2. The quantitative estimate of drug-likeness (QED) is 0.806. The van der Waals surface area contributed by atoms with Crippen LogP contribution in [0.4, 0.5) is 5.69 Å². The van der Waals surface area contributed by atoms with Gasteiger partial charge in [-0.15, -0.1) is 5.10 Å². The highest BCUT2D eigenvalue weighted by Gasteiger charge is 2.19. The van der Waals surface area contributed by atoms with E-state index in [0.29, 0.717) is 12.2 Å². The molecule has 1 aromatic carbocycles. The lowest BCUT2D eigenvalue weighted by Crippen LogP contribution is -2.05. The van der Waals surface area contributed by atoms with Crippen LogP contribution in [0.15, 0.2) is 24.4 Å². The van der Waals surface area contributed by atoms with Gasteiger partial charge in [0, 0.05) is 23.1 Å². The monoisotopic (exact) mass is 307 g/mol. The zero-order valence-corrected chi connectivity index (χ0v) is 13.1. The molecule has 6 nitrogen and oxygen atoms in total. The van der Waals surface area contributed by atoms with E-state index in [9.17, 15) is 4.79 Å². The summed E-state index contributed by atoms with van der Waals surface area (Å²) in [7, 11) is 0. The van der Waals surface area contributed by atoms with Crippen LogP contribution in [0.25, 0.3) is 17.0 Å². The van der Waals surface area contributed by atoms with Crippen molar-refractivity contribution in [2.45, 2.75) is 33.1 Å². The molecule has 1 amide bonds. The van der Waals surface area contributed by atoms with E-state index in [2.05, 4.69) is 34.3 Å². The molecular weight excluding hydrogens is 290 g/mol. The second-order valence-electron chi connectivity index (χ2n) is 5.69. The Morgan fingerprint density at radius 2 is 2.09 bits per heavy atom. The topological polar surface area (TPSA) is 72.2 Å². The minimum atomic E-state index is 0.0406. The van der Waals surface area contributed by atoms with Crippen LogP contribution in [0.3, 0.4) is 0 Å². The van der Waals surface area contributed by atoms with Crippen molar-refractivity contribution in [3.05, 3.63) is 41.3 Å². The van der Waals surface area contributed by atoms with Crippen LogP contribution in [0.2, 0.25) is 0 Å². The van der Waals surface area contributed by atoms with Crippen molar-refractivity contribution < 1.29 is 4.79 Å². The maximum Gasteiger partial charge on any atom is 0.254 e. The van der Waals surface area contributed by atoms with Crippen LogP contribution in [0.5, 0.6) is 0 Å². The molecule has 0 saturated heterocycles. The number of aromatic nitrogens is 4. The SMILES string of the molecule is CCc1nnc2nc(-c3ccc4c(c3)CC(=O)N4)cn2c1CC. The Bertz CT molecular complexity index is 928. The number of aryl methyl sites for hydroxylation is 2. The highest BCUT2D eigenvalue weighted by atomic mass is 16.1. The zero-order chi connectivity index (χ0) is 16.0. The Morgan fingerprint density at radius 1 is 1.22 bits per heavy atom. The molecule has 0 aliphatic carbocycles. The van der Waals surface area contributed by atoms with E-state index in [1.165, 1.54) is 0 Å². The first-order valence-corrected chi connectivity index (χ1v) is 7.86. The molecule has 4 rings (SSSR count). The molecule has 1 N–H and O–H groups in total. The van der Waals surface area contributed by atoms with Crippen molar-refractivity contribution >= 4 is 17.4 Å². The number of nitrogens with zero attached hydrogens (tertiary/aromatic N) is 4. The average molecular weight is 307 g/mol. The van der Waals surface area contributed by atoms with E-state index in [0.717, 1.165) is 46.7 Å². The summed E-state index contributed by atoms with van der Waals surface area (Å²) in [5.41, 5.74) is 5.91. The minimum absolute atomic E-state index is 0.0406. The van der Waals surface area contributed by atoms with Gasteiger partial charge in [-0.05, 0) is 30.5 Å². The first-order chi connectivity index (χ1) is 11.2. The number of benzene rings is 1. The van der Waals surface area contributed by atoms with E-state index in [1.807, 2.05) is 28.8 Å². The van der Waals surface area contributed by atoms with Crippen molar-refractivity contribution in [3.8, 4) is 11.3 Å². The van der Waals surface area contributed by atoms with E-state index in [1.54, 1.807) is 0 Å². The first-order valence-electron chi connectivity index (χ1n) is 7.86. The largest absolute Gasteiger partial charge is 0.326 e. The number of anilines is 1. The van der Waals surface area contributed by atoms with Crippen LogP contribution in [-0.4, -0.2) is 25.5 Å². The second-order valence-corrected chi connectivity index (χ2v) is 5.69. The number of hydrogen-bond donors (Lipinski definition) is 1. The van der Waals surface area contributed by atoms with Crippen molar-refractivity contribution in [2.24, 2.45) is 0 Å². The summed E-state index contributed by atoms with van der Waals surface area (Å²) >= 11 is 0. The Hall–Kier alpha value is -2.76. The van der Waals surface area contributed by atoms with Gasteiger partial charge in [0.15, 0.2) is 0 Å². The molecule has 0 fully saturated rings. The summed E-state index contributed by atoms with van der Waals surface area (Å²) < 4.78 is 2.03. The fourth-order valence-electron chi connectivity index (χ4n) is 3.12. The summed E-state index contributed by atoms with van der Waals surface area (Å²) in [6.45, 7) is 4.19. The van der Waals surface area contributed by atoms with Crippen LogP contribution in [0, 0.1) is 0 Å². The molecule has 0 spiro atoms. The van der Waals surface area contributed by atoms with Gasteiger partial charge < -0.3 is 5.32 Å². The number of rotatable bonds is 3. The Kier molecular flexibility index (Phi) is 3.11. The van der Waals surface area contributed by atoms with E-state index < -0.39 is 0 Å². The third-order valence-corrected chi connectivity index (χ3v) is 4.27. The van der Waals surface area contributed by atoms with Crippen LogP contribution in [0.1, 0.15) is 30.8 Å². The predicted octanol–water partition coefficient (Wildman–Crippen LogP) is 2.41. The predicted molar refractivity (Wildman–Crippen MR) is 87.3 cm³/mol. The minimum Gasteiger partial charge on any atom is -0.326 e. The number of nitrogens with one attached hydrogen (secondary N) is 1. The summed E-state index contributed by atoms with van der Waals surface area (Å²) in [6, 6.07) is 5.93. The van der Waals surface area contributed by atoms with Gasteiger partial charge in [0.05, 0.1) is 17.8 Å². The second kappa shape index (κ2) is 5.15. The lowest BCUT2D eigenvalue weighted by Gasteiger charge is -2.05. The number of amides is 1. The Balaban J connectivity index is 1.84. The molecule has 0 unspecified atom stereocenters. The molecule has 1 aliphatic rings. The molecule has 3 aromatic rings. The van der Waals surface area contributed by atoms with E-state index >= 15 is 0 Å². The van der Waals surface area contributed by atoms with Gasteiger partial charge in [-0.1, -0.05) is 19.9 Å². The number of carbonyl (C=O) groups excluding carboxylic acids is 1. The average Bonchev–Trinajstić information content (AvgIpc) is 3.14. The van der Waals surface area contributed by atoms with Gasteiger partial charge in [0.2, 0.25) is 5.91 Å². The van der Waals surface area contributed by atoms with Gasteiger partial charge >= 0.3 is 0 Å². The van der Waals surface area contributed by atoms with Crippen molar-refractivity contribution in [3.63, 3.8) is 0 Å². The molecule has 1 aliphatic heterocycles. The van der Waals surface area contributed by atoms with Crippen LogP contribution < -0.4 is 5.32 Å². The normalized spacial score (nSPS) is 13.4. The summed E-state index contributed by atoms with van der Waals surface area (Å²) in [4.78, 5) is 16.1. The maximum absolute atomic E-state index is 11.5. The number of hydrogen-bond acceptors (Lipinski definition) is 4. The highest BCUT2D eigenvalue weighted by molar-refractivity contribution is 5.99. The standard InChI is InChI=1S/C17H17N5O/c1-3-12-15(4-2)22-9-14(19-17(22)21-20-12)10-5-6-13-11(7-10)8-16(23)18-13/h5-7,9H,3-4,8H2,1-2H3,(H,18,23). The third-order valence-electron chi connectivity index (χ3n) is 4.27. The summed E-state index contributed by atoms with van der Waals surface area (Å²) in [5, 5.41) is 11.4. The Labute approximate surface area is 133 Å². The lowest BCUT2D eigenvalue weighted by atomic mass is 10.1. The van der Waals surface area contributed by atoms with Gasteiger partial charge in [-0.2, -0.15) is 5.10 Å². The summed E-state index contributed by atoms with van der Waals surface area (Å²) in [6.07, 6.45) is 4.17. The smallest absolute Gasteiger partial charge is 0.254 e. The molecule has 116 valence electrons. The fourth-order valence-corrected chi connectivity index (χ4v) is 3.12. The fraction of sp³-hybridized carbons (Fsp3) is 0.294. The number of carbonyl (C=O) groups is 1. The van der Waals surface area contributed by atoms with Crippen molar-refractivity contribution in [1.29, 1.82) is 0 Å². The van der Waals surface area contributed by atoms with Crippen LogP contribution in [-0.2, 0) is 24.1 Å². The van der Waals surface area contributed by atoms with Gasteiger partial charge in [-0.25, -0.2) is 4.98 Å². The molecule has 2 aromatic heterocycles. The van der Waals surface area contributed by atoms with Crippen molar-refractivity contribution in [2.75, 3.05) is 5.32 Å². The molecular formula is C17H17N5O. The summed E-state index contributed by atoms with van der Waals surface area (Å²) in [5.74, 6) is 0.655. The van der Waals surface area contributed by atoms with E-state index in [4.69, 9.17) is 0 Å². The third kappa shape index (κ3) is 2.18. The lowest BCUT2D eigenvalue weighted by molar-refractivity contribution is -0.115. The first kappa shape index (κ1) is 13.9. The zero-order valence-electron chi connectivity index (χ0n) is 13.1. The molecule has 0 atom stereocenters. The Morgan fingerprint density at radius 3 is 2.87 bits per heavy atom. The molecule has 0 saturated carbocycles. The maximum atomic E-state index is 11.5. The van der Waals surface area contributed by atoms with E-state index in [-0.39, 0.29) is 5.91 Å². The molecule has 23 heavy (non-hydrogen) atoms. The van der Waals surface area contributed by atoms with Gasteiger partial charge in [0.25, 0.3) is 5.78 Å². The molecule has 0 bridgehead atoms.